The minimum absolute atomic E-state index is 0.154. The summed E-state index contributed by atoms with van der Waals surface area (Å²) in [7, 11) is 0. The molecule has 5 rings (SSSR count). The maximum atomic E-state index is 12.7. The van der Waals surface area contributed by atoms with Gasteiger partial charge in [0.15, 0.2) is 5.82 Å². The Bertz CT molecular complexity index is 1340. The third-order valence-electron chi connectivity index (χ3n) is 6.10. The second-order valence-electron chi connectivity index (χ2n) is 8.64. The number of carbonyl (C=O) groups is 1. The van der Waals surface area contributed by atoms with Crippen LogP contribution in [-0.2, 0) is 0 Å². The van der Waals surface area contributed by atoms with Gasteiger partial charge in [0.1, 0.15) is 5.82 Å². The SMILES string of the molecule is Cc1ccccc1NC(=O)c1ccc(Nc2nc(-c3cccs3)nc(N3CCN(CCO)CC3)n2)nc1. The third-order valence-corrected chi connectivity index (χ3v) is 6.96. The van der Waals surface area contributed by atoms with Crippen LogP contribution in [0.25, 0.3) is 10.7 Å². The summed E-state index contributed by atoms with van der Waals surface area (Å²) in [5.41, 5.74) is 2.21. The zero-order chi connectivity index (χ0) is 25.6. The van der Waals surface area contributed by atoms with Gasteiger partial charge in [0.05, 0.1) is 17.0 Å². The number of thiophene rings is 1. The monoisotopic (exact) mass is 516 g/mol. The average molecular weight is 517 g/mol. The van der Waals surface area contributed by atoms with E-state index in [1.807, 2.05) is 48.7 Å². The molecule has 0 aliphatic carbocycles. The van der Waals surface area contributed by atoms with E-state index in [2.05, 4.69) is 35.4 Å². The molecule has 4 heterocycles. The number of β-amino-alcohol motifs (C(OH)–C–C–N with tert-alkyl or cyclic N) is 1. The van der Waals surface area contributed by atoms with Crippen LogP contribution in [-0.4, -0.2) is 75.2 Å². The van der Waals surface area contributed by atoms with E-state index in [1.54, 1.807) is 23.5 Å². The molecule has 1 aromatic carbocycles. The smallest absolute Gasteiger partial charge is 0.257 e. The summed E-state index contributed by atoms with van der Waals surface area (Å²) in [6.07, 6.45) is 1.53. The molecular formula is C26H28N8O2S. The number of hydrogen-bond donors (Lipinski definition) is 3. The van der Waals surface area contributed by atoms with E-state index < -0.39 is 0 Å². The van der Waals surface area contributed by atoms with E-state index in [-0.39, 0.29) is 12.5 Å². The second kappa shape index (κ2) is 11.4. The molecule has 4 aromatic rings. The Morgan fingerprint density at radius 1 is 1.03 bits per heavy atom. The van der Waals surface area contributed by atoms with Gasteiger partial charge in [-0.3, -0.25) is 9.69 Å². The summed E-state index contributed by atoms with van der Waals surface area (Å²) < 4.78 is 0. The quantitative estimate of drug-likeness (QED) is 0.324. The molecule has 1 aliphatic heterocycles. The first-order chi connectivity index (χ1) is 18.1. The van der Waals surface area contributed by atoms with Gasteiger partial charge in [-0.15, -0.1) is 11.3 Å². The summed E-state index contributed by atoms with van der Waals surface area (Å²) in [6.45, 7) is 5.95. The van der Waals surface area contributed by atoms with Crippen molar-refractivity contribution in [3.8, 4) is 10.7 Å². The lowest BCUT2D eigenvalue weighted by molar-refractivity contribution is 0.102. The highest BCUT2D eigenvalue weighted by Gasteiger charge is 2.21. The van der Waals surface area contributed by atoms with Gasteiger partial charge in [-0.1, -0.05) is 24.3 Å². The molecule has 3 N–H and O–H groups in total. The van der Waals surface area contributed by atoms with Gasteiger partial charge in [-0.25, -0.2) is 4.98 Å². The number of aliphatic hydroxyl groups is 1. The molecule has 37 heavy (non-hydrogen) atoms. The normalized spacial score (nSPS) is 13.9. The number of rotatable bonds is 8. The van der Waals surface area contributed by atoms with E-state index >= 15 is 0 Å². The van der Waals surface area contributed by atoms with Crippen LogP contribution in [0, 0.1) is 6.92 Å². The van der Waals surface area contributed by atoms with Gasteiger partial charge in [0.2, 0.25) is 11.9 Å². The first kappa shape index (κ1) is 24.8. The Morgan fingerprint density at radius 3 is 2.57 bits per heavy atom. The lowest BCUT2D eigenvalue weighted by atomic mass is 10.2. The van der Waals surface area contributed by atoms with E-state index in [1.165, 1.54) is 6.20 Å². The van der Waals surface area contributed by atoms with Crippen molar-refractivity contribution in [3.05, 3.63) is 71.2 Å². The maximum Gasteiger partial charge on any atom is 0.257 e. The zero-order valence-corrected chi connectivity index (χ0v) is 21.3. The van der Waals surface area contributed by atoms with Crippen LogP contribution in [0.5, 0.6) is 0 Å². The Kier molecular flexibility index (Phi) is 7.64. The summed E-state index contributed by atoms with van der Waals surface area (Å²) in [5, 5.41) is 17.3. The van der Waals surface area contributed by atoms with Crippen molar-refractivity contribution in [2.24, 2.45) is 0 Å². The van der Waals surface area contributed by atoms with E-state index in [9.17, 15) is 9.90 Å². The van der Waals surface area contributed by atoms with E-state index in [4.69, 9.17) is 4.98 Å². The van der Waals surface area contributed by atoms with Crippen molar-refractivity contribution in [2.45, 2.75) is 6.92 Å². The third kappa shape index (κ3) is 6.08. The summed E-state index contributed by atoms with van der Waals surface area (Å²) >= 11 is 1.56. The molecular weight excluding hydrogens is 488 g/mol. The molecule has 11 heteroatoms. The zero-order valence-electron chi connectivity index (χ0n) is 20.5. The van der Waals surface area contributed by atoms with Crippen LogP contribution in [0.1, 0.15) is 15.9 Å². The number of nitrogens with one attached hydrogen (secondary N) is 2. The number of piperazine rings is 1. The fourth-order valence-corrected chi connectivity index (χ4v) is 4.67. The predicted octanol–water partition coefficient (Wildman–Crippen LogP) is 3.41. The van der Waals surface area contributed by atoms with Crippen molar-refractivity contribution in [3.63, 3.8) is 0 Å². The highest BCUT2D eigenvalue weighted by molar-refractivity contribution is 7.13. The molecule has 1 amide bonds. The Morgan fingerprint density at radius 2 is 1.86 bits per heavy atom. The fraction of sp³-hybridized carbons (Fsp3) is 0.269. The highest BCUT2D eigenvalue weighted by atomic mass is 32.1. The van der Waals surface area contributed by atoms with Crippen LogP contribution < -0.4 is 15.5 Å². The lowest BCUT2D eigenvalue weighted by Gasteiger charge is -2.34. The van der Waals surface area contributed by atoms with Gasteiger partial charge in [-0.05, 0) is 42.1 Å². The number of amides is 1. The predicted molar refractivity (Wildman–Crippen MR) is 146 cm³/mol. The number of aromatic nitrogens is 4. The van der Waals surface area contributed by atoms with Gasteiger partial charge < -0.3 is 20.6 Å². The molecule has 0 spiro atoms. The molecule has 1 aliphatic rings. The number of nitrogens with zero attached hydrogens (tertiary/aromatic N) is 6. The fourth-order valence-electron chi connectivity index (χ4n) is 4.02. The Labute approximate surface area is 219 Å². The number of aliphatic hydroxyl groups excluding tert-OH is 1. The molecule has 0 bridgehead atoms. The number of hydrogen-bond acceptors (Lipinski definition) is 10. The van der Waals surface area contributed by atoms with Crippen molar-refractivity contribution in [1.29, 1.82) is 0 Å². The average Bonchev–Trinajstić information content (AvgIpc) is 3.46. The van der Waals surface area contributed by atoms with Gasteiger partial charge in [-0.2, -0.15) is 15.0 Å². The molecule has 1 saturated heterocycles. The first-order valence-corrected chi connectivity index (χ1v) is 13.0. The molecule has 0 unspecified atom stereocenters. The lowest BCUT2D eigenvalue weighted by Crippen LogP contribution is -2.47. The number of benzene rings is 1. The standard InChI is InChI=1S/C26H28N8O2S/c1-18-5-2-3-6-20(18)28-24(36)19-8-9-22(27-17-19)29-25-30-23(21-7-4-16-37-21)31-26(32-25)34-12-10-33(11-13-34)14-15-35/h2-9,16-17,35H,10-15H2,1H3,(H,28,36)(H,27,29,30,31,32). The van der Waals surface area contributed by atoms with Crippen LogP contribution in [0.3, 0.4) is 0 Å². The van der Waals surface area contributed by atoms with Crippen LogP contribution in [0.2, 0.25) is 0 Å². The number of pyridine rings is 1. The maximum absolute atomic E-state index is 12.7. The van der Waals surface area contributed by atoms with Crippen molar-refractivity contribution in [2.75, 3.05) is 54.9 Å². The number of carbonyl (C=O) groups excluding carboxylic acids is 1. The van der Waals surface area contributed by atoms with Gasteiger partial charge >= 0.3 is 0 Å². The minimum atomic E-state index is -0.226. The number of anilines is 4. The second-order valence-corrected chi connectivity index (χ2v) is 9.59. The minimum Gasteiger partial charge on any atom is -0.395 e. The van der Waals surface area contributed by atoms with Crippen LogP contribution >= 0.6 is 11.3 Å². The summed E-state index contributed by atoms with van der Waals surface area (Å²) in [5.74, 6) is 1.87. The highest BCUT2D eigenvalue weighted by Crippen LogP contribution is 2.25. The Balaban J connectivity index is 1.33. The van der Waals surface area contributed by atoms with Gasteiger partial charge in [0, 0.05) is 44.6 Å². The van der Waals surface area contributed by atoms with Crippen LogP contribution in [0.15, 0.2) is 60.1 Å². The van der Waals surface area contributed by atoms with Crippen molar-refractivity contribution >= 4 is 40.6 Å². The van der Waals surface area contributed by atoms with Gasteiger partial charge in [0.25, 0.3) is 5.91 Å². The van der Waals surface area contributed by atoms with Crippen molar-refractivity contribution in [1.82, 2.24) is 24.8 Å². The summed E-state index contributed by atoms with van der Waals surface area (Å²) in [4.78, 5) is 36.4. The topological polar surface area (TPSA) is 119 Å². The molecule has 0 radical (unpaired) electrons. The molecule has 0 saturated carbocycles. The molecule has 3 aromatic heterocycles. The first-order valence-electron chi connectivity index (χ1n) is 12.1. The molecule has 190 valence electrons. The molecule has 10 nitrogen and oxygen atoms in total. The largest absolute Gasteiger partial charge is 0.395 e. The Hall–Kier alpha value is -3.93. The van der Waals surface area contributed by atoms with E-state index in [0.717, 1.165) is 42.3 Å². The number of aryl methyl sites for hydroxylation is 1. The molecule has 0 atom stereocenters. The summed E-state index contributed by atoms with van der Waals surface area (Å²) in [6, 6.07) is 15.0. The van der Waals surface area contributed by atoms with Crippen molar-refractivity contribution < 1.29 is 9.90 Å². The number of para-hydroxylation sites is 1. The van der Waals surface area contributed by atoms with E-state index in [0.29, 0.717) is 35.6 Å². The molecule has 1 fully saturated rings. The van der Waals surface area contributed by atoms with Crippen LogP contribution in [0.4, 0.5) is 23.4 Å².